The Labute approximate surface area is 170 Å². The van der Waals surface area contributed by atoms with Gasteiger partial charge in [0.1, 0.15) is 0 Å². The van der Waals surface area contributed by atoms with Gasteiger partial charge in [-0.05, 0) is 40.0 Å². The Morgan fingerprint density at radius 2 is 1.66 bits per heavy atom. The van der Waals surface area contributed by atoms with Crippen molar-refractivity contribution in [3.05, 3.63) is 107 Å². The van der Waals surface area contributed by atoms with Crippen molar-refractivity contribution < 1.29 is 0 Å². The Morgan fingerprint density at radius 3 is 2.41 bits per heavy atom. The quantitative estimate of drug-likeness (QED) is 0.519. The summed E-state index contributed by atoms with van der Waals surface area (Å²) in [5, 5.41) is 22.6. The molecule has 2 aliphatic rings. The highest BCUT2D eigenvalue weighted by Gasteiger charge is 2.51. The summed E-state index contributed by atoms with van der Waals surface area (Å²) in [6.07, 6.45) is 8.26. The number of benzene rings is 3. The van der Waals surface area contributed by atoms with Gasteiger partial charge in [0.2, 0.25) is 0 Å². The molecule has 0 aliphatic heterocycles. The van der Waals surface area contributed by atoms with Crippen LogP contribution in [0, 0.1) is 35.5 Å². The standard InChI is InChI=1S/C27H18N2/c1-18-9-11-19(12-10-18)21-6-4-8-23-24-14-13-20-5-2-3-7-22(20)26(24)27(16-28,17-29)25(23)15-21/h2-15,25H,1H3. The maximum Gasteiger partial charge on any atom is 0.180 e. The number of aryl methyl sites for hydroxylation is 1. The van der Waals surface area contributed by atoms with E-state index in [0.717, 1.165) is 38.6 Å². The van der Waals surface area contributed by atoms with Crippen LogP contribution >= 0.6 is 0 Å². The van der Waals surface area contributed by atoms with Crippen molar-refractivity contribution in [1.29, 1.82) is 10.5 Å². The summed E-state index contributed by atoms with van der Waals surface area (Å²) in [5.41, 5.74) is 4.96. The second-order valence-electron chi connectivity index (χ2n) is 7.69. The highest BCUT2D eigenvalue weighted by atomic mass is 14.5. The lowest BCUT2D eigenvalue weighted by Crippen LogP contribution is -2.27. The van der Waals surface area contributed by atoms with Crippen molar-refractivity contribution in [3.8, 4) is 12.1 Å². The molecule has 2 heteroatoms. The maximum absolute atomic E-state index is 10.3. The maximum atomic E-state index is 10.3. The molecule has 0 spiro atoms. The fourth-order valence-electron chi connectivity index (χ4n) is 4.61. The lowest BCUT2D eigenvalue weighted by molar-refractivity contribution is 0.640. The second-order valence-corrected chi connectivity index (χ2v) is 7.69. The first-order chi connectivity index (χ1) is 14.2. The zero-order chi connectivity index (χ0) is 20.0. The molecule has 0 amide bonds. The van der Waals surface area contributed by atoms with Gasteiger partial charge in [-0.25, -0.2) is 0 Å². The van der Waals surface area contributed by atoms with Gasteiger partial charge in [-0.2, -0.15) is 10.5 Å². The Hall–Kier alpha value is -3.88. The van der Waals surface area contributed by atoms with Gasteiger partial charge in [-0.1, -0.05) is 90.5 Å². The minimum absolute atomic E-state index is 0.315. The number of rotatable bonds is 1. The normalized spacial score (nSPS) is 18.7. The van der Waals surface area contributed by atoms with Crippen molar-refractivity contribution in [2.75, 3.05) is 0 Å². The number of nitrogens with zero attached hydrogens (tertiary/aromatic N) is 2. The molecule has 0 saturated carbocycles. The summed E-state index contributed by atoms with van der Waals surface area (Å²) in [5.74, 6) is -0.315. The summed E-state index contributed by atoms with van der Waals surface area (Å²) in [6.45, 7) is 2.07. The minimum Gasteiger partial charge on any atom is -0.196 e. The molecular formula is C27H18N2. The van der Waals surface area contributed by atoms with Crippen molar-refractivity contribution in [1.82, 2.24) is 0 Å². The molecule has 3 aromatic carbocycles. The molecule has 136 valence electrons. The molecule has 0 bridgehead atoms. The molecule has 0 heterocycles. The minimum atomic E-state index is -1.25. The third kappa shape index (κ3) is 2.40. The van der Waals surface area contributed by atoms with Crippen LogP contribution < -0.4 is 0 Å². The molecule has 0 aromatic heterocycles. The number of hydrogen-bond donors (Lipinski definition) is 0. The lowest BCUT2D eigenvalue weighted by atomic mass is 9.74. The van der Waals surface area contributed by atoms with E-state index in [1.165, 1.54) is 5.56 Å². The number of allylic oxidation sites excluding steroid dienone is 6. The Morgan fingerprint density at radius 1 is 0.897 bits per heavy atom. The summed E-state index contributed by atoms with van der Waals surface area (Å²) in [7, 11) is 0. The molecule has 0 radical (unpaired) electrons. The predicted molar refractivity (Wildman–Crippen MR) is 117 cm³/mol. The number of nitriles is 2. The van der Waals surface area contributed by atoms with E-state index < -0.39 is 5.41 Å². The number of hydrogen-bond acceptors (Lipinski definition) is 2. The molecule has 2 aliphatic carbocycles. The zero-order valence-corrected chi connectivity index (χ0v) is 16.1. The highest BCUT2D eigenvalue weighted by molar-refractivity contribution is 5.98. The topological polar surface area (TPSA) is 47.6 Å². The largest absolute Gasteiger partial charge is 0.196 e. The molecule has 0 fully saturated rings. The average Bonchev–Trinajstić information content (AvgIpc) is 2.88. The summed E-state index contributed by atoms with van der Waals surface area (Å²) < 4.78 is 0. The van der Waals surface area contributed by atoms with E-state index in [1.54, 1.807) is 0 Å². The van der Waals surface area contributed by atoms with Crippen LogP contribution in [-0.2, 0) is 5.41 Å². The molecule has 2 nitrogen and oxygen atoms in total. The summed E-state index contributed by atoms with van der Waals surface area (Å²) >= 11 is 0. The first-order valence-electron chi connectivity index (χ1n) is 9.70. The van der Waals surface area contributed by atoms with Crippen LogP contribution in [0.1, 0.15) is 22.3 Å². The fourth-order valence-corrected chi connectivity index (χ4v) is 4.61. The summed E-state index contributed by atoms with van der Waals surface area (Å²) in [6, 6.07) is 25.3. The van der Waals surface area contributed by atoms with E-state index in [-0.39, 0.29) is 5.92 Å². The molecule has 1 atom stereocenters. The average molecular weight is 370 g/mol. The van der Waals surface area contributed by atoms with Crippen LogP contribution in [0.2, 0.25) is 0 Å². The fraction of sp³-hybridized carbons (Fsp3) is 0.111. The number of fused-ring (bicyclic) bond motifs is 5. The SMILES string of the molecule is Cc1ccc(C2=CC3C(=CC=C2)c2ccc4ccccc4c2C3(C#N)C#N)cc1. The molecule has 0 saturated heterocycles. The van der Waals surface area contributed by atoms with Crippen molar-refractivity contribution in [3.63, 3.8) is 0 Å². The van der Waals surface area contributed by atoms with Crippen LogP contribution in [0.4, 0.5) is 0 Å². The third-order valence-corrected chi connectivity index (χ3v) is 6.07. The van der Waals surface area contributed by atoms with Crippen molar-refractivity contribution in [2.45, 2.75) is 12.3 Å². The van der Waals surface area contributed by atoms with E-state index >= 15 is 0 Å². The second kappa shape index (κ2) is 6.33. The van der Waals surface area contributed by atoms with Gasteiger partial charge in [-0.15, -0.1) is 0 Å². The van der Waals surface area contributed by atoms with E-state index in [9.17, 15) is 10.5 Å². The van der Waals surface area contributed by atoms with Gasteiger partial charge in [0.25, 0.3) is 0 Å². The van der Waals surface area contributed by atoms with Gasteiger partial charge in [0, 0.05) is 11.5 Å². The first kappa shape index (κ1) is 17.2. The molecule has 3 aromatic rings. The molecule has 0 N–H and O–H groups in total. The molecule has 5 rings (SSSR count). The third-order valence-electron chi connectivity index (χ3n) is 6.07. The molecular weight excluding hydrogens is 352 g/mol. The van der Waals surface area contributed by atoms with E-state index in [1.807, 2.05) is 30.3 Å². The zero-order valence-electron chi connectivity index (χ0n) is 16.1. The smallest absolute Gasteiger partial charge is 0.180 e. The van der Waals surface area contributed by atoms with Gasteiger partial charge in [0.05, 0.1) is 12.1 Å². The Balaban J connectivity index is 1.79. The Kier molecular flexibility index (Phi) is 3.76. The van der Waals surface area contributed by atoms with E-state index in [4.69, 9.17) is 0 Å². The Bertz CT molecular complexity index is 1310. The molecule has 29 heavy (non-hydrogen) atoms. The van der Waals surface area contributed by atoms with Gasteiger partial charge in [-0.3, -0.25) is 0 Å². The van der Waals surface area contributed by atoms with Crippen molar-refractivity contribution >= 4 is 21.9 Å². The van der Waals surface area contributed by atoms with Gasteiger partial charge in [0.15, 0.2) is 5.41 Å². The van der Waals surface area contributed by atoms with E-state index in [2.05, 4.69) is 73.7 Å². The summed E-state index contributed by atoms with van der Waals surface area (Å²) in [4.78, 5) is 0. The highest BCUT2D eigenvalue weighted by Crippen LogP contribution is 2.54. The monoisotopic (exact) mass is 370 g/mol. The van der Waals surface area contributed by atoms with Gasteiger partial charge >= 0.3 is 0 Å². The van der Waals surface area contributed by atoms with Crippen LogP contribution in [-0.4, -0.2) is 0 Å². The van der Waals surface area contributed by atoms with E-state index in [0.29, 0.717) is 0 Å². The lowest BCUT2D eigenvalue weighted by Gasteiger charge is -2.21. The van der Waals surface area contributed by atoms with Gasteiger partial charge < -0.3 is 0 Å². The van der Waals surface area contributed by atoms with Crippen LogP contribution in [0.15, 0.2) is 85.0 Å². The van der Waals surface area contributed by atoms with Crippen LogP contribution in [0.3, 0.4) is 0 Å². The molecule has 1 unspecified atom stereocenters. The van der Waals surface area contributed by atoms with Crippen LogP contribution in [0.25, 0.3) is 21.9 Å². The van der Waals surface area contributed by atoms with Crippen molar-refractivity contribution in [2.24, 2.45) is 5.92 Å². The van der Waals surface area contributed by atoms with Crippen LogP contribution in [0.5, 0.6) is 0 Å². The predicted octanol–water partition coefficient (Wildman–Crippen LogP) is 6.10. The first-order valence-corrected chi connectivity index (χ1v) is 9.70.